The minimum atomic E-state index is -0.464. The number of nitrogens with two attached hydrogens (primary N) is 1. The van der Waals surface area contributed by atoms with Crippen molar-refractivity contribution in [2.75, 3.05) is 7.11 Å². The van der Waals surface area contributed by atoms with Crippen LogP contribution in [0, 0.1) is 13.8 Å². The highest BCUT2D eigenvalue weighted by molar-refractivity contribution is 5.93. The topological polar surface area (TPSA) is 69.4 Å². The maximum absolute atomic E-state index is 11.5. The monoisotopic (exact) mass is 235 g/mol. The highest BCUT2D eigenvalue weighted by Crippen LogP contribution is 2.25. The highest BCUT2D eigenvalue weighted by atomic mass is 16.5. The van der Waals surface area contributed by atoms with Crippen LogP contribution in [0.15, 0.2) is 12.1 Å². The summed E-state index contributed by atoms with van der Waals surface area (Å²) in [5.74, 6) is -1.10. The van der Waals surface area contributed by atoms with Gasteiger partial charge < -0.3 is 10.5 Å². The van der Waals surface area contributed by atoms with Crippen LogP contribution in [0.1, 0.15) is 39.9 Å². The number of benzene rings is 1. The zero-order valence-electron chi connectivity index (χ0n) is 10.5. The molecule has 0 aliphatic carbocycles. The number of esters is 1. The summed E-state index contributed by atoms with van der Waals surface area (Å²) in [7, 11) is 1.36. The highest BCUT2D eigenvalue weighted by Gasteiger charge is 2.20. The van der Waals surface area contributed by atoms with Gasteiger partial charge in [-0.2, -0.15) is 0 Å². The Labute approximate surface area is 101 Å². The number of carbonyl (C=O) groups excluding carboxylic acids is 2. The van der Waals surface area contributed by atoms with Gasteiger partial charge in [-0.1, -0.05) is 0 Å². The molecular weight excluding hydrogens is 218 g/mol. The Balaban J connectivity index is 3.27. The predicted octanol–water partition coefficient (Wildman–Crippen LogP) is 1.68. The lowest BCUT2D eigenvalue weighted by atomic mass is 9.90. The van der Waals surface area contributed by atoms with E-state index in [0.717, 1.165) is 16.7 Å². The summed E-state index contributed by atoms with van der Waals surface area (Å²) >= 11 is 0. The van der Waals surface area contributed by atoms with Crippen molar-refractivity contribution in [3.05, 3.63) is 34.4 Å². The molecule has 92 valence electrons. The molecule has 0 spiro atoms. The van der Waals surface area contributed by atoms with Gasteiger partial charge in [0.05, 0.1) is 13.0 Å². The molecule has 0 saturated heterocycles. The van der Waals surface area contributed by atoms with Gasteiger partial charge in [-0.05, 0) is 49.6 Å². The number of aryl methyl sites for hydroxylation is 2. The molecule has 1 aromatic carbocycles. The van der Waals surface area contributed by atoms with E-state index in [1.807, 2.05) is 13.8 Å². The van der Waals surface area contributed by atoms with E-state index in [0.29, 0.717) is 5.56 Å². The van der Waals surface area contributed by atoms with Gasteiger partial charge in [-0.3, -0.25) is 9.59 Å². The maximum Gasteiger partial charge on any atom is 0.312 e. The summed E-state index contributed by atoms with van der Waals surface area (Å²) in [6.45, 7) is 5.49. The van der Waals surface area contributed by atoms with Crippen LogP contribution in [0.2, 0.25) is 0 Å². The lowest BCUT2D eigenvalue weighted by molar-refractivity contribution is -0.142. The van der Waals surface area contributed by atoms with E-state index in [1.54, 1.807) is 19.1 Å². The molecule has 1 unspecified atom stereocenters. The Bertz CT molecular complexity index is 443. The number of amides is 1. The van der Waals surface area contributed by atoms with Gasteiger partial charge in [0.25, 0.3) is 0 Å². The van der Waals surface area contributed by atoms with E-state index in [-0.39, 0.29) is 11.9 Å². The van der Waals surface area contributed by atoms with Gasteiger partial charge in [0.2, 0.25) is 5.91 Å². The van der Waals surface area contributed by atoms with E-state index in [4.69, 9.17) is 10.5 Å². The summed E-state index contributed by atoms with van der Waals surface area (Å²) in [6.07, 6.45) is 0. The minimum Gasteiger partial charge on any atom is -0.469 e. The molecule has 4 nitrogen and oxygen atoms in total. The number of carbonyl (C=O) groups is 2. The molecule has 0 aliphatic heterocycles. The molecule has 0 aromatic heterocycles. The summed E-state index contributed by atoms with van der Waals surface area (Å²) < 4.78 is 4.72. The molecule has 1 atom stereocenters. The van der Waals surface area contributed by atoms with Crippen molar-refractivity contribution in [1.29, 1.82) is 0 Å². The van der Waals surface area contributed by atoms with E-state index in [1.165, 1.54) is 7.11 Å². The predicted molar refractivity (Wildman–Crippen MR) is 64.9 cm³/mol. The fourth-order valence-electron chi connectivity index (χ4n) is 2.09. The third-order valence-electron chi connectivity index (χ3n) is 2.87. The normalized spacial score (nSPS) is 12.0. The smallest absolute Gasteiger partial charge is 0.312 e. The SMILES string of the molecule is COC(=O)C(C)c1c(C)cc(C(N)=O)cc1C. The molecule has 0 heterocycles. The summed E-state index contributed by atoms with van der Waals surface area (Å²) in [6, 6.07) is 3.40. The molecule has 0 fully saturated rings. The van der Waals surface area contributed by atoms with Crippen LogP contribution in [-0.4, -0.2) is 19.0 Å². The Morgan fingerprint density at radius 3 is 2.06 bits per heavy atom. The first kappa shape index (κ1) is 13.2. The quantitative estimate of drug-likeness (QED) is 0.810. The van der Waals surface area contributed by atoms with Crippen LogP contribution < -0.4 is 5.73 Å². The third-order valence-corrected chi connectivity index (χ3v) is 2.87. The molecule has 17 heavy (non-hydrogen) atoms. The Morgan fingerprint density at radius 1 is 1.24 bits per heavy atom. The van der Waals surface area contributed by atoms with Crippen molar-refractivity contribution in [3.8, 4) is 0 Å². The van der Waals surface area contributed by atoms with Crippen molar-refractivity contribution in [2.45, 2.75) is 26.7 Å². The van der Waals surface area contributed by atoms with E-state index < -0.39 is 5.91 Å². The summed E-state index contributed by atoms with van der Waals surface area (Å²) in [5.41, 5.74) is 8.33. The molecule has 4 heteroatoms. The number of hydrogen-bond donors (Lipinski definition) is 1. The summed E-state index contributed by atoms with van der Waals surface area (Å²) in [5, 5.41) is 0. The average molecular weight is 235 g/mol. The average Bonchev–Trinajstić information content (AvgIpc) is 2.26. The second-order valence-corrected chi connectivity index (χ2v) is 4.13. The van der Waals surface area contributed by atoms with Crippen LogP contribution in [0.3, 0.4) is 0 Å². The third kappa shape index (κ3) is 2.64. The summed E-state index contributed by atoms with van der Waals surface area (Å²) in [4.78, 5) is 22.6. The second-order valence-electron chi connectivity index (χ2n) is 4.13. The van der Waals surface area contributed by atoms with Gasteiger partial charge in [0, 0.05) is 5.56 Å². The van der Waals surface area contributed by atoms with Crippen LogP contribution in [0.25, 0.3) is 0 Å². The van der Waals surface area contributed by atoms with Crippen LogP contribution in [-0.2, 0) is 9.53 Å². The van der Waals surface area contributed by atoms with Crippen molar-refractivity contribution >= 4 is 11.9 Å². The molecule has 0 bridgehead atoms. The molecule has 0 aliphatic rings. The number of methoxy groups -OCH3 is 1. The van der Waals surface area contributed by atoms with Gasteiger partial charge in [0.1, 0.15) is 0 Å². The van der Waals surface area contributed by atoms with E-state index in [2.05, 4.69) is 0 Å². The first-order valence-corrected chi connectivity index (χ1v) is 5.37. The first-order valence-electron chi connectivity index (χ1n) is 5.37. The molecule has 0 radical (unpaired) electrons. The lowest BCUT2D eigenvalue weighted by Gasteiger charge is -2.16. The molecular formula is C13H17NO3. The van der Waals surface area contributed by atoms with Crippen LogP contribution in [0.4, 0.5) is 0 Å². The van der Waals surface area contributed by atoms with Crippen molar-refractivity contribution in [3.63, 3.8) is 0 Å². The lowest BCUT2D eigenvalue weighted by Crippen LogP contribution is -2.16. The molecule has 0 saturated carbocycles. The van der Waals surface area contributed by atoms with Gasteiger partial charge in [0.15, 0.2) is 0 Å². The Morgan fingerprint density at radius 2 is 1.71 bits per heavy atom. The largest absolute Gasteiger partial charge is 0.469 e. The Hall–Kier alpha value is -1.84. The number of primary amides is 1. The minimum absolute atomic E-state index is 0.289. The van der Waals surface area contributed by atoms with Gasteiger partial charge in [-0.15, -0.1) is 0 Å². The standard InChI is InChI=1S/C13H17NO3/c1-7-5-10(12(14)15)6-8(2)11(7)9(3)13(16)17-4/h5-6,9H,1-4H3,(H2,14,15). The molecule has 1 rings (SSSR count). The zero-order valence-corrected chi connectivity index (χ0v) is 10.5. The fourth-order valence-corrected chi connectivity index (χ4v) is 2.09. The fraction of sp³-hybridized carbons (Fsp3) is 0.385. The number of ether oxygens (including phenoxy) is 1. The van der Waals surface area contributed by atoms with Crippen molar-refractivity contribution in [1.82, 2.24) is 0 Å². The second kappa shape index (κ2) is 4.99. The maximum atomic E-state index is 11.5. The number of hydrogen-bond acceptors (Lipinski definition) is 3. The molecule has 2 N–H and O–H groups in total. The van der Waals surface area contributed by atoms with Crippen molar-refractivity contribution in [2.24, 2.45) is 5.73 Å². The van der Waals surface area contributed by atoms with Crippen LogP contribution >= 0.6 is 0 Å². The van der Waals surface area contributed by atoms with Gasteiger partial charge in [-0.25, -0.2) is 0 Å². The number of rotatable bonds is 3. The first-order chi connectivity index (χ1) is 7.88. The zero-order chi connectivity index (χ0) is 13.2. The van der Waals surface area contributed by atoms with Crippen molar-refractivity contribution < 1.29 is 14.3 Å². The molecule has 1 amide bonds. The Kier molecular flexibility index (Phi) is 3.89. The van der Waals surface area contributed by atoms with E-state index >= 15 is 0 Å². The van der Waals surface area contributed by atoms with E-state index in [9.17, 15) is 9.59 Å². The van der Waals surface area contributed by atoms with Crippen LogP contribution in [0.5, 0.6) is 0 Å². The molecule has 1 aromatic rings. The van der Waals surface area contributed by atoms with Gasteiger partial charge >= 0.3 is 5.97 Å².